The van der Waals surface area contributed by atoms with Crippen molar-refractivity contribution in [2.75, 3.05) is 31.5 Å². The van der Waals surface area contributed by atoms with Crippen LogP contribution in [0.4, 0.5) is 5.69 Å². The third-order valence-electron chi connectivity index (χ3n) is 7.96. The van der Waals surface area contributed by atoms with Crippen molar-refractivity contribution in [3.05, 3.63) is 53.4 Å². The van der Waals surface area contributed by atoms with Gasteiger partial charge >= 0.3 is 0 Å². The summed E-state index contributed by atoms with van der Waals surface area (Å²) in [6.07, 6.45) is 12.3. The SMILES string of the molecule is Cc1ncc(C(=O)NCCN2CCC3(CCC3)C2)cc1NC(=O)c1cnn2cc(-c3cn(C)nc3C)sc12. The van der Waals surface area contributed by atoms with Gasteiger partial charge in [-0.25, -0.2) is 4.52 Å². The molecule has 38 heavy (non-hydrogen) atoms. The van der Waals surface area contributed by atoms with Crippen LogP contribution in [0.25, 0.3) is 15.3 Å². The van der Waals surface area contributed by atoms with Gasteiger partial charge in [-0.1, -0.05) is 6.42 Å². The summed E-state index contributed by atoms with van der Waals surface area (Å²) in [5, 5.41) is 14.7. The molecule has 10 nitrogen and oxygen atoms in total. The highest BCUT2D eigenvalue weighted by atomic mass is 32.1. The van der Waals surface area contributed by atoms with Crippen LogP contribution in [0.2, 0.25) is 0 Å². The van der Waals surface area contributed by atoms with Gasteiger partial charge in [0.2, 0.25) is 0 Å². The molecule has 2 N–H and O–H groups in total. The van der Waals surface area contributed by atoms with Crippen LogP contribution in [-0.4, -0.2) is 67.3 Å². The van der Waals surface area contributed by atoms with Crippen molar-refractivity contribution in [2.45, 2.75) is 39.5 Å². The fourth-order valence-corrected chi connectivity index (χ4v) is 6.73. The molecule has 11 heteroatoms. The maximum atomic E-state index is 13.2. The monoisotopic (exact) mass is 532 g/mol. The topological polar surface area (TPSA) is 109 Å². The Balaban J connectivity index is 1.11. The van der Waals surface area contributed by atoms with Crippen LogP contribution in [0, 0.1) is 19.3 Å². The molecule has 4 aromatic heterocycles. The van der Waals surface area contributed by atoms with Gasteiger partial charge in [-0.15, -0.1) is 11.3 Å². The predicted molar refractivity (Wildman–Crippen MR) is 147 cm³/mol. The minimum atomic E-state index is -0.294. The van der Waals surface area contributed by atoms with Crippen LogP contribution in [0.15, 0.2) is 30.9 Å². The Hall–Kier alpha value is -3.57. The van der Waals surface area contributed by atoms with Gasteiger partial charge in [0.05, 0.1) is 39.3 Å². The number of thiazole rings is 1. The van der Waals surface area contributed by atoms with Crippen molar-refractivity contribution in [1.82, 2.24) is 34.6 Å². The Kier molecular flexibility index (Phi) is 6.27. The third-order valence-corrected chi connectivity index (χ3v) is 9.11. The molecule has 5 heterocycles. The average molecular weight is 533 g/mol. The fourth-order valence-electron chi connectivity index (χ4n) is 5.61. The van der Waals surface area contributed by atoms with Gasteiger partial charge in [-0.3, -0.25) is 19.3 Å². The lowest BCUT2D eigenvalue weighted by Crippen LogP contribution is -2.37. The molecule has 0 radical (unpaired) electrons. The zero-order valence-electron chi connectivity index (χ0n) is 22.0. The predicted octanol–water partition coefficient (Wildman–Crippen LogP) is 3.67. The van der Waals surface area contributed by atoms with Crippen LogP contribution in [0.3, 0.4) is 0 Å². The maximum Gasteiger partial charge on any atom is 0.260 e. The zero-order chi connectivity index (χ0) is 26.4. The van der Waals surface area contributed by atoms with Gasteiger partial charge in [-0.2, -0.15) is 10.2 Å². The van der Waals surface area contributed by atoms with E-state index in [1.54, 1.807) is 27.7 Å². The Morgan fingerprint density at radius 2 is 1.95 bits per heavy atom. The van der Waals surface area contributed by atoms with E-state index in [1.807, 2.05) is 33.3 Å². The van der Waals surface area contributed by atoms with Crippen LogP contribution < -0.4 is 10.6 Å². The van der Waals surface area contributed by atoms with E-state index in [9.17, 15) is 9.59 Å². The van der Waals surface area contributed by atoms with Crippen LogP contribution in [0.5, 0.6) is 0 Å². The molecular weight excluding hydrogens is 500 g/mol. The van der Waals surface area contributed by atoms with E-state index in [1.165, 1.54) is 37.0 Å². The van der Waals surface area contributed by atoms with E-state index in [0.29, 0.717) is 34.5 Å². The summed E-state index contributed by atoms with van der Waals surface area (Å²) in [6.45, 7) is 7.49. The molecule has 6 rings (SSSR count). The number of anilines is 1. The van der Waals surface area contributed by atoms with Gasteiger partial charge in [-0.05, 0) is 51.1 Å². The number of hydrogen-bond donors (Lipinski definition) is 2. The zero-order valence-corrected chi connectivity index (χ0v) is 22.8. The Morgan fingerprint density at radius 1 is 1.11 bits per heavy atom. The van der Waals surface area contributed by atoms with E-state index in [4.69, 9.17) is 0 Å². The summed E-state index contributed by atoms with van der Waals surface area (Å²) in [6, 6.07) is 1.69. The number of aromatic nitrogens is 5. The number of nitrogens with one attached hydrogen (secondary N) is 2. The second kappa shape index (κ2) is 9.63. The highest BCUT2D eigenvalue weighted by Crippen LogP contribution is 2.47. The normalized spacial score (nSPS) is 16.7. The number of likely N-dealkylation sites (tertiary alicyclic amines) is 1. The maximum absolute atomic E-state index is 13.2. The summed E-state index contributed by atoms with van der Waals surface area (Å²) in [5.41, 5.74) is 4.53. The van der Waals surface area contributed by atoms with Gasteiger partial charge in [0, 0.05) is 50.8 Å². The molecule has 4 aromatic rings. The summed E-state index contributed by atoms with van der Waals surface area (Å²) >= 11 is 1.49. The summed E-state index contributed by atoms with van der Waals surface area (Å²) < 4.78 is 3.49. The first-order valence-corrected chi connectivity index (χ1v) is 13.9. The van der Waals surface area contributed by atoms with E-state index in [2.05, 4.69) is 30.7 Å². The lowest BCUT2D eigenvalue weighted by Gasteiger charge is -2.38. The van der Waals surface area contributed by atoms with Crippen LogP contribution in [-0.2, 0) is 7.05 Å². The summed E-state index contributed by atoms with van der Waals surface area (Å²) in [4.78, 5) is 34.6. The molecular formula is C27H32N8O2S. The molecule has 1 saturated heterocycles. The highest BCUT2D eigenvalue weighted by molar-refractivity contribution is 7.21. The molecule has 2 fully saturated rings. The van der Waals surface area contributed by atoms with Gasteiger partial charge in [0.1, 0.15) is 4.83 Å². The number of hydrogen-bond acceptors (Lipinski definition) is 7. The molecule has 0 aromatic carbocycles. The number of pyridine rings is 1. The first kappa shape index (κ1) is 24.7. The molecule has 1 aliphatic heterocycles. The molecule has 1 aliphatic carbocycles. The van der Waals surface area contributed by atoms with Gasteiger partial charge in [0.25, 0.3) is 11.8 Å². The Labute approximate surface area is 225 Å². The van der Waals surface area contributed by atoms with E-state index in [-0.39, 0.29) is 11.8 Å². The smallest absolute Gasteiger partial charge is 0.260 e. The molecule has 2 amide bonds. The van der Waals surface area contributed by atoms with Gasteiger partial charge < -0.3 is 15.5 Å². The highest BCUT2D eigenvalue weighted by Gasteiger charge is 2.42. The Bertz CT molecular complexity index is 1530. The molecule has 198 valence electrons. The largest absolute Gasteiger partial charge is 0.351 e. The second-order valence-corrected chi connectivity index (χ2v) is 11.7. The number of carbonyl (C=O) groups excluding carboxylic acids is 2. The number of aryl methyl sites for hydroxylation is 3. The minimum Gasteiger partial charge on any atom is -0.351 e. The van der Waals surface area contributed by atoms with Crippen molar-refractivity contribution < 1.29 is 9.59 Å². The lowest BCUT2D eigenvalue weighted by atomic mass is 9.68. The quantitative estimate of drug-likeness (QED) is 0.376. The molecule has 1 saturated carbocycles. The average Bonchev–Trinajstić information content (AvgIpc) is 3.62. The third kappa shape index (κ3) is 4.60. The number of fused-ring (bicyclic) bond motifs is 1. The van der Waals surface area contributed by atoms with Crippen molar-refractivity contribution in [1.29, 1.82) is 0 Å². The number of nitrogens with zero attached hydrogens (tertiary/aromatic N) is 6. The van der Waals surface area contributed by atoms with E-state index >= 15 is 0 Å². The molecule has 0 unspecified atom stereocenters. The van der Waals surface area contributed by atoms with E-state index in [0.717, 1.165) is 40.6 Å². The molecule has 1 spiro atoms. The fraction of sp³-hybridized carbons (Fsp3) is 0.444. The Morgan fingerprint density at radius 3 is 2.66 bits per heavy atom. The van der Waals surface area contributed by atoms with Crippen molar-refractivity contribution in [2.24, 2.45) is 12.5 Å². The molecule has 0 bridgehead atoms. The van der Waals surface area contributed by atoms with Crippen LogP contribution >= 0.6 is 11.3 Å². The summed E-state index contributed by atoms with van der Waals surface area (Å²) in [5.74, 6) is -0.481. The lowest BCUT2D eigenvalue weighted by molar-refractivity contribution is 0.0945. The summed E-state index contributed by atoms with van der Waals surface area (Å²) in [7, 11) is 1.89. The van der Waals surface area contributed by atoms with Gasteiger partial charge in [0.15, 0.2) is 0 Å². The molecule has 2 aliphatic rings. The van der Waals surface area contributed by atoms with Crippen LogP contribution in [0.1, 0.15) is 57.8 Å². The minimum absolute atomic E-state index is 0.187. The van der Waals surface area contributed by atoms with Crippen molar-refractivity contribution in [3.63, 3.8) is 0 Å². The number of rotatable bonds is 7. The van der Waals surface area contributed by atoms with Crippen molar-refractivity contribution >= 4 is 33.7 Å². The first-order valence-electron chi connectivity index (χ1n) is 13.1. The number of amides is 2. The van der Waals surface area contributed by atoms with E-state index < -0.39 is 0 Å². The second-order valence-electron chi connectivity index (χ2n) is 10.7. The van der Waals surface area contributed by atoms with Crippen molar-refractivity contribution in [3.8, 4) is 10.4 Å². The molecule has 0 atom stereocenters. The first-order chi connectivity index (χ1) is 18.3. The standard InChI is InChI=1S/C27H32N8O2S/c1-17-21(14-33(3)32-17)23-15-35-26(38-23)20(13-30-35)25(37)31-22-11-19(12-29-18(22)2)24(36)28-8-10-34-9-7-27(16-34)5-4-6-27/h11-15H,4-10,16H2,1-3H3,(H,28,36)(H,31,37). The number of carbonyl (C=O) groups is 2.